The van der Waals surface area contributed by atoms with Crippen LogP contribution in [0.1, 0.15) is 18.4 Å². The Morgan fingerprint density at radius 2 is 2.44 bits per heavy atom. The number of benzene rings is 1. The highest BCUT2D eigenvalue weighted by molar-refractivity contribution is 5.95. The number of carbonyl (C=O) groups excluding carboxylic acids is 1. The number of amides is 1. The minimum Gasteiger partial charge on any atom is -0.495 e. The Balaban J connectivity index is 2.10. The molecule has 1 saturated heterocycles. The number of nitrogens with two attached hydrogens (primary N) is 1. The number of anilines is 1. The first kappa shape index (κ1) is 12.9. The maximum absolute atomic E-state index is 11.9. The highest BCUT2D eigenvalue weighted by Gasteiger charge is 2.24. The summed E-state index contributed by atoms with van der Waals surface area (Å²) in [5.74, 6) is 0.496. The Labute approximate surface area is 106 Å². The van der Waals surface area contributed by atoms with E-state index < -0.39 is 0 Å². The minimum absolute atomic E-state index is 0.119. The molecule has 1 aliphatic rings. The van der Waals surface area contributed by atoms with Crippen LogP contribution in [0.2, 0.25) is 0 Å². The zero-order chi connectivity index (χ0) is 13.0. The summed E-state index contributed by atoms with van der Waals surface area (Å²) in [4.78, 5) is 11.9. The van der Waals surface area contributed by atoms with E-state index in [1.54, 1.807) is 13.2 Å². The van der Waals surface area contributed by atoms with Gasteiger partial charge in [-0.05, 0) is 30.5 Å². The molecule has 1 unspecified atom stereocenters. The second-order valence-electron chi connectivity index (χ2n) is 4.23. The molecule has 18 heavy (non-hydrogen) atoms. The first-order valence-corrected chi connectivity index (χ1v) is 6.04. The van der Waals surface area contributed by atoms with E-state index in [9.17, 15) is 4.79 Å². The van der Waals surface area contributed by atoms with Crippen LogP contribution in [0.4, 0.5) is 5.69 Å². The van der Waals surface area contributed by atoms with Gasteiger partial charge in [-0.3, -0.25) is 4.79 Å². The third-order valence-electron chi connectivity index (χ3n) is 2.98. The fraction of sp³-hybridized carbons (Fsp3) is 0.462. The van der Waals surface area contributed by atoms with Gasteiger partial charge in [-0.15, -0.1) is 0 Å². The van der Waals surface area contributed by atoms with Crippen molar-refractivity contribution < 1.29 is 14.3 Å². The van der Waals surface area contributed by atoms with E-state index in [0.29, 0.717) is 24.6 Å². The topological polar surface area (TPSA) is 73.6 Å². The van der Waals surface area contributed by atoms with E-state index >= 15 is 0 Å². The molecule has 0 spiro atoms. The summed E-state index contributed by atoms with van der Waals surface area (Å²) in [7, 11) is 1.57. The average molecular weight is 250 g/mol. The van der Waals surface area contributed by atoms with Gasteiger partial charge in [0.25, 0.3) is 5.91 Å². The molecule has 1 aliphatic heterocycles. The lowest BCUT2D eigenvalue weighted by Gasteiger charge is -2.14. The molecule has 2 rings (SSSR count). The highest BCUT2D eigenvalue weighted by atomic mass is 16.5. The average Bonchev–Trinajstić information content (AvgIpc) is 2.93. The van der Waals surface area contributed by atoms with Gasteiger partial charge in [-0.25, -0.2) is 0 Å². The lowest BCUT2D eigenvalue weighted by atomic mass is 10.1. The molecule has 1 aromatic rings. The van der Waals surface area contributed by atoms with Gasteiger partial charge in [0.2, 0.25) is 0 Å². The van der Waals surface area contributed by atoms with Crippen molar-refractivity contribution in [2.45, 2.75) is 25.5 Å². The minimum atomic E-state index is -0.344. The van der Waals surface area contributed by atoms with Gasteiger partial charge >= 0.3 is 0 Å². The van der Waals surface area contributed by atoms with Crippen LogP contribution in [-0.4, -0.2) is 25.7 Å². The van der Waals surface area contributed by atoms with E-state index in [2.05, 4.69) is 5.32 Å². The molecule has 98 valence electrons. The van der Waals surface area contributed by atoms with E-state index in [4.69, 9.17) is 15.2 Å². The maximum atomic E-state index is 11.9. The van der Waals surface area contributed by atoms with Gasteiger partial charge in [0.05, 0.1) is 12.8 Å². The Bertz CT molecular complexity index is 428. The van der Waals surface area contributed by atoms with Crippen molar-refractivity contribution in [3.8, 4) is 5.75 Å². The SMILES string of the molecule is COc1cc(CN)ccc1NC(=O)C1CCCO1. The van der Waals surface area contributed by atoms with Gasteiger partial charge in [0.1, 0.15) is 11.9 Å². The van der Waals surface area contributed by atoms with Crippen LogP contribution < -0.4 is 15.8 Å². The maximum Gasteiger partial charge on any atom is 0.253 e. The van der Waals surface area contributed by atoms with E-state index in [0.717, 1.165) is 18.4 Å². The number of hydrogen-bond acceptors (Lipinski definition) is 4. The van der Waals surface area contributed by atoms with E-state index in [-0.39, 0.29) is 12.0 Å². The van der Waals surface area contributed by atoms with E-state index in [1.807, 2.05) is 12.1 Å². The summed E-state index contributed by atoms with van der Waals surface area (Å²) in [5, 5.41) is 2.82. The summed E-state index contributed by atoms with van der Waals surface area (Å²) < 4.78 is 10.6. The van der Waals surface area contributed by atoms with Crippen LogP contribution in [-0.2, 0) is 16.1 Å². The fourth-order valence-electron chi connectivity index (χ4n) is 1.96. The molecule has 0 aliphatic carbocycles. The summed E-state index contributed by atoms with van der Waals surface area (Å²) in [5.41, 5.74) is 7.17. The summed E-state index contributed by atoms with van der Waals surface area (Å²) in [6.07, 6.45) is 1.36. The third kappa shape index (κ3) is 2.80. The summed E-state index contributed by atoms with van der Waals surface area (Å²) in [6, 6.07) is 5.49. The van der Waals surface area contributed by atoms with Gasteiger partial charge in [-0.2, -0.15) is 0 Å². The quantitative estimate of drug-likeness (QED) is 0.844. The molecule has 1 atom stereocenters. The van der Waals surface area contributed by atoms with Crippen molar-refractivity contribution in [2.75, 3.05) is 19.0 Å². The Morgan fingerprint density at radius 3 is 3.06 bits per heavy atom. The molecule has 0 radical (unpaired) electrons. The van der Waals surface area contributed by atoms with Crippen molar-refractivity contribution >= 4 is 11.6 Å². The van der Waals surface area contributed by atoms with Crippen molar-refractivity contribution in [3.63, 3.8) is 0 Å². The molecule has 1 heterocycles. The van der Waals surface area contributed by atoms with Gasteiger partial charge in [-0.1, -0.05) is 6.07 Å². The fourth-order valence-corrected chi connectivity index (χ4v) is 1.96. The second-order valence-corrected chi connectivity index (χ2v) is 4.23. The number of hydrogen-bond donors (Lipinski definition) is 2. The highest BCUT2D eigenvalue weighted by Crippen LogP contribution is 2.26. The smallest absolute Gasteiger partial charge is 0.253 e. The standard InChI is InChI=1S/C13H18N2O3/c1-17-12-7-9(8-14)4-5-10(12)15-13(16)11-3-2-6-18-11/h4-5,7,11H,2-3,6,8,14H2,1H3,(H,15,16). The number of carbonyl (C=O) groups is 1. The Hall–Kier alpha value is -1.59. The molecule has 0 saturated carbocycles. The number of nitrogens with one attached hydrogen (secondary N) is 1. The molecule has 3 N–H and O–H groups in total. The van der Waals surface area contributed by atoms with Crippen LogP contribution in [0.5, 0.6) is 5.75 Å². The Kier molecular flexibility index (Phi) is 4.17. The van der Waals surface area contributed by atoms with Crippen molar-refractivity contribution in [3.05, 3.63) is 23.8 Å². The summed E-state index contributed by atoms with van der Waals surface area (Å²) >= 11 is 0. The number of ether oxygens (including phenoxy) is 2. The predicted molar refractivity (Wildman–Crippen MR) is 68.5 cm³/mol. The lowest BCUT2D eigenvalue weighted by Crippen LogP contribution is -2.27. The molecule has 1 fully saturated rings. The van der Waals surface area contributed by atoms with Crippen LogP contribution in [0.15, 0.2) is 18.2 Å². The number of methoxy groups -OCH3 is 1. The first-order chi connectivity index (χ1) is 8.74. The van der Waals surface area contributed by atoms with Crippen LogP contribution in [0.25, 0.3) is 0 Å². The molecule has 5 heteroatoms. The van der Waals surface area contributed by atoms with Gasteiger partial charge in [0, 0.05) is 13.2 Å². The third-order valence-corrected chi connectivity index (χ3v) is 2.98. The molecule has 0 bridgehead atoms. The first-order valence-electron chi connectivity index (χ1n) is 6.04. The second kappa shape index (κ2) is 5.84. The molecule has 5 nitrogen and oxygen atoms in total. The lowest BCUT2D eigenvalue weighted by molar-refractivity contribution is -0.124. The predicted octanol–water partition coefficient (Wildman–Crippen LogP) is 1.27. The molecular weight excluding hydrogens is 232 g/mol. The molecule has 1 amide bonds. The van der Waals surface area contributed by atoms with Gasteiger partial charge in [0.15, 0.2) is 0 Å². The van der Waals surface area contributed by atoms with Crippen molar-refractivity contribution in [2.24, 2.45) is 5.73 Å². The molecule has 1 aromatic carbocycles. The number of rotatable bonds is 4. The monoisotopic (exact) mass is 250 g/mol. The zero-order valence-corrected chi connectivity index (χ0v) is 10.4. The normalized spacial score (nSPS) is 18.7. The van der Waals surface area contributed by atoms with Crippen LogP contribution in [0.3, 0.4) is 0 Å². The largest absolute Gasteiger partial charge is 0.495 e. The van der Waals surface area contributed by atoms with Crippen molar-refractivity contribution in [1.29, 1.82) is 0 Å². The molecule has 0 aromatic heterocycles. The molecular formula is C13H18N2O3. The zero-order valence-electron chi connectivity index (χ0n) is 10.4. The van der Waals surface area contributed by atoms with Crippen LogP contribution >= 0.6 is 0 Å². The van der Waals surface area contributed by atoms with Crippen molar-refractivity contribution in [1.82, 2.24) is 0 Å². The Morgan fingerprint density at radius 1 is 1.61 bits per heavy atom. The summed E-state index contributed by atoms with van der Waals surface area (Å²) in [6.45, 7) is 1.09. The van der Waals surface area contributed by atoms with Crippen LogP contribution in [0, 0.1) is 0 Å². The van der Waals surface area contributed by atoms with Gasteiger partial charge < -0.3 is 20.5 Å². The van der Waals surface area contributed by atoms with E-state index in [1.165, 1.54) is 0 Å².